The molecule has 0 amide bonds. The molecule has 2 heterocycles. The molecule has 154 valence electrons. The highest BCUT2D eigenvalue weighted by Gasteiger charge is 2.13. The van der Waals surface area contributed by atoms with Crippen LogP contribution in [0.2, 0.25) is 0 Å². The van der Waals surface area contributed by atoms with Gasteiger partial charge in [-0.1, -0.05) is 12.1 Å². The number of carbonyl (C=O) groups is 1. The summed E-state index contributed by atoms with van der Waals surface area (Å²) < 4.78 is 11.6. The molecule has 3 rings (SSSR count). The van der Waals surface area contributed by atoms with Crippen molar-refractivity contribution in [1.82, 2.24) is 4.98 Å². The van der Waals surface area contributed by atoms with Gasteiger partial charge in [-0.3, -0.25) is 4.89 Å². The minimum atomic E-state index is -0.368. The fourth-order valence-corrected chi connectivity index (χ4v) is 3.54. The predicted molar refractivity (Wildman–Crippen MR) is 111 cm³/mol. The number of rotatable bonds is 10. The normalized spacial score (nSPS) is 10.9. The summed E-state index contributed by atoms with van der Waals surface area (Å²) in [4.78, 5) is 27.6. The Bertz CT molecular complexity index is 929. The number of thiophene rings is 1. The van der Waals surface area contributed by atoms with E-state index in [2.05, 4.69) is 27.7 Å². The van der Waals surface area contributed by atoms with Crippen molar-refractivity contribution in [3.8, 4) is 16.5 Å². The van der Waals surface area contributed by atoms with E-state index < -0.39 is 0 Å². The predicted octanol–water partition coefficient (Wildman–Crippen LogP) is 5.07. The molecule has 0 saturated heterocycles. The molecule has 0 radical (unpaired) electrons. The maximum absolute atomic E-state index is 11.5. The largest absolute Gasteiger partial charge is 0.493 e. The van der Waals surface area contributed by atoms with Crippen molar-refractivity contribution in [2.45, 2.75) is 40.0 Å². The quantitative estimate of drug-likeness (QED) is 0.340. The van der Waals surface area contributed by atoms with Gasteiger partial charge in [0.05, 0.1) is 30.2 Å². The van der Waals surface area contributed by atoms with E-state index in [-0.39, 0.29) is 12.4 Å². The number of benzene rings is 1. The van der Waals surface area contributed by atoms with Crippen LogP contribution in [0.15, 0.2) is 40.8 Å². The molecule has 0 aliphatic rings. The van der Waals surface area contributed by atoms with Gasteiger partial charge in [0.15, 0.2) is 0 Å². The van der Waals surface area contributed by atoms with Crippen molar-refractivity contribution in [3.63, 3.8) is 0 Å². The van der Waals surface area contributed by atoms with Crippen LogP contribution >= 0.6 is 11.3 Å². The van der Waals surface area contributed by atoms with Crippen LogP contribution in [0.25, 0.3) is 10.8 Å². The van der Waals surface area contributed by atoms with Gasteiger partial charge in [0.1, 0.15) is 11.5 Å². The van der Waals surface area contributed by atoms with Gasteiger partial charge in [-0.25, -0.2) is 9.78 Å². The van der Waals surface area contributed by atoms with Crippen LogP contribution in [-0.4, -0.2) is 24.2 Å². The van der Waals surface area contributed by atoms with Gasteiger partial charge in [0.25, 0.3) is 0 Å². The van der Waals surface area contributed by atoms with Gasteiger partial charge in [-0.05, 0) is 57.0 Å². The standard InChI is InChI=1S/C22H25NO5S/c1-4-26-28-21(24)12-8-17-6-9-18(10-7-17)25-14-13-19-16(3)27-22(23-19)20-11-5-15(2)29-20/h5-7,9-11H,4,8,12-14H2,1-3H3. The molecule has 0 aliphatic heterocycles. The number of carbonyl (C=O) groups excluding carboxylic acids is 1. The molecule has 0 N–H and O–H groups in total. The van der Waals surface area contributed by atoms with E-state index in [9.17, 15) is 4.79 Å². The molecule has 0 bridgehead atoms. The lowest BCUT2D eigenvalue weighted by Crippen LogP contribution is -2.06. The Morgan fingerprint density at radius 2 is 1.90 bits per heavy atom. The number of nitrogens with zero attached hydrogens (tertiary/aromatic N) is 1. The first kappa shape index (κ1) is 21.1. The SMILES string of the molecule is CCOOC(=O)CCc1ccc(OCCc2nc(-c3ccc(C)s3)oc2C)cc1. The van der Waals surface area contributed by atoms with Gasteiger partial charge in [0, 0.05) is 11.3 Å². The average molecular weight is 416 g/mol. The van der Waals surface area contributed by atoms with E-state index in [4.69, 9.17) is 9.15 Å². The van der Waals surface area contributed by atoms with E-state index in [1.807, 2.05) is 37.3 Å². The fraction of sp³-hybridized carbons (Fsp3) is 0.364. The summed E-state index contributed by atoms with van der Waals surface area (Å²) in [6.07, 6.45) is 1.54. The summed E-state index contributed by atoms with van der Waals surface area (Å²) in [6.45, 7) is 6.62. The number of hydrogen-bond acceptors (Lipinski definition) is 7. The van der Waals surface area contributed by atoms with E-state index in [0.717, 1.165) is 27.6 Å². The van der Waals surface area contributed by atoms with Gasteiger partial charge in [-0.15, -0.1) is 11.3 Å². The molecule has 2 aromatic heterocycles. The summed E-state index contributed by atoms with van der Waals surface area (Å²) in [5, 5.41) is 0. The molecule has 29 heavy (non-hydrogen) atoms. The van der Waals surface area contributed by atoms with Crippen LogP contribution in [0, 0.1) is 13.8 Å². The monoisotopic (exact) mass is 415 g/mol. The lowest BCUT2D eigenvalue weighted by Gasteiger charge is -2.07. The van der Waals surface area contributed by atoms with Gasteiger partial charge in [0.2, 0.25) is 5.89 Å². The van der Waals surface area contributed by atoms with Gasteiger partial charge < -0.3 is 9.15 Å². The number of aryl methyl sites for hydroxylation is 3. The summed E-state index contributed by atoms with van der Waals surface area (Å²) in [5.41, 5.74) is 1.95. The third-order valence-electron chi connectivity index (χ3n) is 4.26. The first-order valence-corrected chi connectivity index (χ1v) is 10.4. The highest BCUT2D eigenvalue weighted by atomic mass is 32.1. The molecule has 3 aromatic rings. The summed E-state index contributed by atoms with van der Waals surface area (Å²) in [6, 6.07) is 11.8. The molecule has 0 unspecified atom stereocenters. The van der Waals surface area contributed by atoms with Crippen LogP contribution < -0.4 is 4.74 Å². The maximum atomic E-state index is 11.5. The van der Waals surface area contributed by atoms with Crippen LogP contribution in [0.5, 0.6) is 5.75 Å². The van der Waals surface area contributed by atoms with E-state index in [0.29, 0.717) is 31.9 Å². The smallest absolute Gasteiger partial charge is 0.342 e. The van der Waals surface area contributed by atoms with Crippen molar-refractivity contribution in [1.29, 1.82) is 0 Å². The van der Waals surface area contributed by atoms with Gasteiger partial charge >= 0.3 is 5.97 Å². The van der Waals surface area contributed by atoms with E-state index >= 15 is 0 Å². The molecule has 0 atom stereocenters. The zero-order valence-electron chi connectivity index (χ0n) is 16.9. The topological polar surface area (TPSA) is 70.8 Å². The highest BCUT2D eigenvalue weighted by Crippen LogP contribution is 2.28. The fourth-order valence-electron chi connectivity index (χ4n) is 2.75. The molecule has 0 saturated carbocycles. The Hall–Kier alpha value is -2.64. The van der Waals surface area contributed by atoms with Crippen LogP contribution in [-0.2, 0) is 27.4 Å². The Balaban J connectivity index is 1.46. The first-order chi connectivity index (χ1) is 14.0. The molecular weight excluding hydrogens is 390 g/mol. The van der Waals surface area contributed by atoms with E-state index in [1.165, 1.54) is 4.88 Å². The number of aromatic nitrogens is 1. The first-order valence-electron chi connectivity index (χ1n) is 9.62. The summed E-state index contributed by atoms with van der Waals surface area (Å²) in [5.74, 6) is 1.90. The Kier molecular flexibility index (Phi) is 7.43. The van der Waals surface area contributed by atoms with Crippen LogP contribution in [0.1, 0.15) is 35.2 Å². The van der Waals surface area contributed by atoms with Crippen molar-refractivity contribution in [3.05, 3.63) is 58.3 Å². The van der Waals surface area contributed by atoms with Crippen molar-refractivity contribution in [2.24, 2.45) is 0 Å². The molecule has 7 heteroatoms. The molecule has 0 fully saturated rings. The van der Waals surface area contributed by atoms with E-state index in [1.54, 1.807) is 18.3 Å². The minimum Gasteiger partial charge on any atom is -0.493 e. The van der Waals surface area contributed by atoms with Crippen LogP contribution in [0.4, 0.5) is 0 Å². The zero-order chi connectivity index (χ0) is 20.6. The second-order valence-electron chi connectivity index (χ2n) is 6.54. The Morgan fingerprint density at radius 1 is 1.10 bits per heavy atom. The van der Waals surface area contributed by atoms with Crippen LogP contribution in [0.3, 0.4) is 0 Å². The molecule has 1 aromatic carbocycles. The van der Waals surface area contributed by atoms with Gasteiger partial charge in [-0.2, -0.15) is 4.89 Å². The van der Waals surface area contributed by atoms with Crippen molar-refractivity contribution in [2.75, 3.05) is 13.2 Å². The lowest BCUT2D eigenvalue weighted by atomic mass is 10.1. The molecular formula is C22H25NO5S. The van der Waals surface area contributed by atoms with Crippen molar-refractivity contribution < 1.29 is 23.7 Å². The highest BCUT2D eigenvalue weighted by molar-refractivity contribution is 7.15. The second kappa shape index (κ2) is 10.2. The lowest BCUT2D eigenvalue weighted by molar-refractivity contribution is -0.269. The summed E-state index contributed by atoms with van der Waals surface area (Å²) >= 11 is 1.67. The third-order valence-corrected chi connectivity index (χ3v) is 5.25. The molecule has 0 spiro atoms. The molecule has 6 nitrogen and oxygen atoms in total. The zero-order valence-corrected chi connectivity index (χ0v) is 17.7. The Labute approximate surface area is 174 Å². The Morgan fingerprint density at radius 3 is 2.59 bits per heavy atom. The maximum Gasteiger partial charge on any atom is 0.342 e. The number of oxazole rings is 1. The summed E-state index contributed by atoms with van der Waals surface area (Å²) in [7, 11) is 0. The number of hydrogen-bond donors (Lipinski definition) is 0. The second-order valence-corrected chi connectivity index (χ2v) is 7.82. The number of ether oxygens (including phenoxy) is 1. The van der Waals surface area contributed by atoms with Crippen molar-refractivity contribution >= 4 is 17.3 Å². The average Bonchev–Trinajstić information content (AvgIpc) is 3.31. The minimum absolute atomic E-state index is 0.276. The molecule has 0 aliphatic carbocycles. The third kappa shape index (κ3) is 6.17.